The Morgan fingerprint density at radius 1 is 1.57 bits per heavy atom. The molecule has 0 saturated heterocycles. The first kappa shape index (κ1) is 11.4. The minimum Gasteiger partial charge on any atom is -0.330 e. The van der Waals surface area contributed by atoms with E-state index >= 15 is 0 Å². The summed E-state index contributed by atoms with van der Waals surface area (Å²) in [6.07, 6.45) is 0.882. The van der Waals surface area contributed by atoms with Crippen molar-refractivity contribution in [1.29, 1.82) is 0 Å². The van der Waals surface area contributed by atoms with Gasteiger partial charge >= 0.3 is 0 Å². The van der Waals surface area contributed by atoms with Crippen molar-refractivity contribution in [3.05, 3.63) is 22.4 Å². The molecule has 1 unspecified atom stereocenters. The summed E-state index contributed by atoms with van der Waals surface area (Å²) in [5, 5.41) is 1.93. The Morgan fingerprint density at radius 2 is 2.29 bits per heavy atom. The molecule has 2 N–H and O–H groups in total. The van der Waals surface area contributed by atoms with Gasteiger partial charge in [0, 0.05) is 12.5 Å². The second kappa shape index (κ2) is 5.27. The van der Waals surface area contributed by atoms with E-state index in [-0.39, 0.29) is 11.7 Å². The fourth-order valence-corrected chi connectivity index (χ4v) is 2.24. The van der Waals surface area contributed by atoms with Crippen LogP contribution in [0.1, 0.15) is 29.9 Å². The predicted octanol–water partition coefficient (Wildman–Crippen LogP) is 2.55. The molecule has 0 bridgehead atoms. The molecule has 1 rings (SSSR count). The van der Waals surface area contributed by atoms with Crippen LogP contribution in [0, 0.1) is 11.8 Å². The number of thiophene rings is 1. The van der Waals surface area contributed by atoms with Crippen molar-refractivity contribution in [2.45, 2.75) is 20.3 Å². The van der Waals surface area contributed by atoms with Crippen molar-refractivity contribution < 1.29 is 4.79 Å². The molecule has 0 amide bonds. The standard InChI is InChI=1S/C11H17NOS/c1-8(2)6-9(7-12)11(13)10-4-3-5-14-10/h3-5,8-9H,6-7,12H2,1-2H3. The first-order chi connectivity index (χ1) is 6.65. The average Bonchev–Trinajstić information content (AvgIpc) is 2.65. The highest BCUT2D eigenvalue weighted by Gasteiger charge is 2.20. The molecule has 1 atom stereocenters. The van der Waals surface area contributed by atoms with Crippen LogP contribution in [0.25, 0.3) is 0 Å². The Morgan fingerprint density at radius 3 is 2.71 bits per heavy atom. The van der Waals surface area contributed by atoms with E-state index in [0.717, 1.165) is 11.3 Å². The molecule has 0 aliphatic rings. The molecule has 0 radical (unpaired) electrons. The molecule has 0 spiro atoms. The van der Waals surface area contributed by atoms with Crippen molar-refractivity contribution in [2.75, 3.05) is 6.54 Å². The summed E-state index contributed by atoms with van der Waals surface area (Å²) in [7, 11) is 0. The zero-order chi connectivity index (χ0) is 10.6. The lowest BCUT2D eigenvalue weighted by molar-refractivity contribution is 0.0913. The summed E-state index contributed by atoms with van der Waals surface area (Å²) in [6, 6.07) is 3.77. The van der Waals surface area contributed by atoms with Gasteiger partial charge in [0.05, 0.1) is 4.88 Å². The lowest BCUT2D eigenvalue weighted by Gasteiger charge is -2.14. The zero-order valence-corrected chi connectivity index (χ0v) is 9.51. The van der Waals surface area contributed by atoms with Crippen LogP contribution in [0.2, 0.25) is 0 Å². The molecule has 0 aliphatic heterocycles. The first-order valence-electron chi connectivity index (χ1n) is 4.93. The van der Waals surface area contributed by atoms with Gasteiger partial charge in [0.1, 0.15) is 0 Å². The molecule has 3 heteroatoms. The molecule has 1 heterocycles. The highest BCUT2D eigenvalue weighted by atomic mass is 32.1. The van der Waals surface area contributed by atoms with Crippen molar-refractivity contribution in [3.63, 3.8) is 0 Å². The van der Waals surface area contributed by atoms with Gasteiger partial charge in [-0.3, -0.25) is 4.79 Å². The fourth-order valence-electron chi connectivity index (χ4n) is 1.50. The van der Waals surface area contributed by atoms with E-state index in [1.54, 1.807) is 0 Å². The number of hydrogen-bond donors (Lipinski definition) is 1. The van der Waals surface area contributed by atoms with Crippen LogP contribution in [0.4, 0.5) is 0 Å². The summed E-state index contributed by atoms with van der Waals surface area (Å²) in [5.41, 5.74) is 5.61. The van der Waals surface area contributed by atoms with Crippen molar-refractivity contribution in [1.82, 2.24) is 0 Å². The van der Waals surface area contributed by atoms with Crippen LogP contribution in [-0.4, -0.2) is 12.3 Å². The monoisotopic (exact) mass is 211 g/mol. The van der Waals surface area contributed by atoms with E-state index in [4.69, 9.17) is 5.73 Å². The van der Waals surface area contributed by atoms with E-state index in [9.17, 15) is 4.79 Å². The van der Waals surface area contributed by atoms with Gasteiger partial charge in [0.2, 0.25) is 0 Å². The highest BCUT2D eigenvalue weighted by molar-refractivity contribution is 7.12. The van der Waals surface area contributed by atoms with Crippen LogP contribution in [0.15, 0.2) is 17.5 Å². The molecule has 2 nitrogen and oxygen atoms in total. The van der Waals surface area contributed by atoms with Crippen LogP contribution < -0.4 is 5.73 Å². The number of Topliss-reactive ketones (excluding diaryl/α,β-unsaturated/α-hetero) is 1. The Kier molecular flexibility index (Phi) is 4.29. The number of carbonyl (C=O) groups is 1. The number of nitrogens with two attached hydrogens (primary N) is 1. The average molecular weight is 211 g/mol. The van der Waals surface area contributed by atoms with Crippen LogP contribution in [0.5, 0.6) is 0 Å². The first-order valence-corrected chi connectivity index (χ1v) is 5.81. The molecule has 14 heavy (non-hydrogen) atoms. The molecule has 0 saturated carbocycles. The third-order valence-corrected chi connectivity index (χ3v) is 3.06. The van der Waals surface area contributed by atoms with Gasteiger partial charge < -0.3 is 5.73 Å². The summed E-state index contributed by atoms with van der Waals surface area (Å²) in [5.74, 6) is 0.720. The Bertz CT molecular complexity index is 279. The Labute approximate surface area is 89.1 Å². The molecule has 1 aromatic heterocycles. The van der Waals surface area contributed by atoms with Gasteiger partial charge in [0.15, 0.2) is 5.78 Å². The highest BCUT2D eigenvalue weighted by Crippen LogP contribution is 2.19. The predicted molar refractivity (Wildman–Crippen MR) is 60.6 cm³/mol. The van der Waals surface area contributed by atoms with Crippen LogP contribution >= 0.6 is 11.3 Å². The number of hydrogen-bond acceptors (Lipinski definition) is 3. The summed E-state index contributed by atoms with van der Waals surface area (Å²) < 4.78 is 0. The third-order valence-electron chi connectivity index (χ3n) is 2.18. The molecule has 0 fully saturated rings. The number of ketones is 1. The topological polar surface area (TPSA) is 43.1 Å². The van der Waals surface area contributed by atoms with Crippen molar-refractivity contribution >= 4 is 17.1 Å². The van der Waals surface area contributed by atoms with Gasteiger partial charge in [-0.2, -0.15) is 0 Å². The van der Waals surface area contributed by atoms with Gasteiger partial charge in [-0.1, -0.05) is 19.9 Å². The normalized spacial score (nSPS) is 13.1. The van der Waals surface area contributed by atoms with Crippen molar-refractivity contribution in [2.24, 2.45) is 17.6 Å². The fraction of sp³-hybridized carbons (Fsp3) is 0.545. The maximum atomic E-state index is 11.9. The van der Waals surface area contributed by atoms with E-state index < -0.39 is 0 Å². The smallest absolute Gasteiger partial charge is 0.177 e. The van der Waals surface area contributed by atoms with E-state index in [1.165, 1.54) is 11.3 Å². The minimum atomic E-state index is -0.00588. The lowest BCUT2D eigenvalue weighted by Crippen LogP contribution is -2.24. The third kappa shape index (κ3) is 2.93. The van der Waals surface area contributed by atoms with E-state index in [1.807, 2.05) is 17.5 Å². The van der Waals surface area contributed by atoms with E-state index in [2.05, 4.69) is 13.8 Å². The summed E-state index contributed by atoms with van der Waals surface area (Å²) in [4.78, 5) is 12.7. The molecule has 0 aliphatic carbocycles. The quantitative estimate of drug-likeness (QED) is 0.761. The van der Waals surface area contributed by atoms with Crippen LogP contribution in [0.3, 0.4) is 0 Å². The summed E-state index contributed by atoms with van der Waals surface area (Å²) >= 11 is 1.50. The van der Waals surface area contributed by atoms with Gasteiger partial charge in [0.25, 0.3) is 0 Å². The number of rotatable bonds is 5. The molecular weight excluding hydrogens is 194 g/mol. The van der Waals surface area contributed by atoms with Gasteiger partial charge in [-0.05, 0) is 23.8 Å². The van der Waals surface area contributed by atoms with Crippen molar-refractivity contribution in [3.8, 4) is 0 Å². The SMILES string of the molecule is CC(C)CC(CN)C(=O)c1cccs1. The molecule has 0 aromatic carbocycles. The van der Waals surface area contributed by atoms with Crippen LogP contribution in [-0.2, 0) is 0 Å². The van der Waals surface area contributed by atoms with E-state index in [0.29, 0.717) is 12.5 Å². The maximum absolute atomic E-state index is 11.9. The van der Waals surface area contributed by atoms with Gasteiger partial charge in [-0.15, -0.1) is 11.3 Å². The van der Waals surface area contributed by atoms with Gasteiger partial charge in [-0.25, -0.2) is 0 Å². The molecule has 78 valence electrons. The lowest BCUT2D eigenvalue weighted by atomic mass is 9.93. The Balaban J connectivity index is 2.66. The molecular formula is C11H17NOS. The summed E-state index contributed by atoms with van der Waals surface area (Å²) in [6.45, 7) is 4.68. The minimum absolute atomic E-state index is 0.00588. The molecule has 1 aromatic rings. The second-order valence-electron chi connectivity index (χ2n) is 3.90. The maximum Gasteiger partial charge on any atom is 0.177 e. The second-order valence-corrected chi connectivity index (χ2v) is 4.85. The Hall–Kier alpha value is -0.670. The largest absolute Gasteiger partial charge is 0.330 e. The number of carbonyl (C=O) groups excluding carboxylic acids is 1. The zero-order valence-electron chi connectivity index (χ0n) is 8.69.